The molecule has 1 saturated carbocycles. The molecule has 0 N–H and O–H groups in total. The molecular weight excluding hydrogens is 288 g/mol. The van der Waals surface area contributed by atoms with Crippen LogP contribution in [-0.2, 0) is 0 Å². The molecule has 1 aliphatic rings. The van der Waals surface area contributed by atoms with E-state index in [4.69, 9.17) is 4.42 Å². The third kappa shape index (κ3) is 2.50. The van der Waals surface area contributed by atoms with E-state index < -0.39 is 0 Å². The second-order valence-corrected chi connectivity index (χ2v) is 6.01. The summed E-state index contributed by atoms with van der Waals surface area (Å²) >= 11 is 0. The van der Waals surface area contributed by atoms with Crippen molar-refractivity contribution in [3.8, 4) is 0 Å². The number of aromatic nitrogens is 1. The molecule has 2 heterocycles. The lowest BCUT2D eigenvalue weighted by molar-refractivity contribution is 0.0655. The van der Waals surface area contributed by atoms with Gasteiger partial charge in [-0.1, -0.05) is 12.1 Å². The molecular formula is C19H18N2O2. The van der Waals surface area contributed by atoms with E-state index in [9.17, 15) is 4.79 Å². The fraction of sp³-hybridized carbons (Fsp3) is 0.263. The fourth-order valence-electron chi connectivity index (χ4n) is 3.11. The molecule has 1 amide bonds. The van der Waals surface area contributed by atoms with E-state index in [1.165, 1.54) is 0 Å². The van der Waals surface area contributed by atoms with Crippen molar-refractivity contribution < 1.29 is 9.21 Å². The van der Waals surface area contributed by atoms with Crippen molar-refractivity contribution in [2.24, 2.45) is 0 Å². The standard InChI is InChI=1S/C19H18N2O2/c1-13(18-8-4-12-23-18)21(14-9-10-14)19(22)16-5-2-7-17-15(16)6-3-11-20-17/h2-8,11-14H,9-10H2,1H3. The van der Waals surface area contributed by atoms with Gasteiger partial charge in [-0.25, -0.2) is 0 Å². The van der Waals surface area contributed by atoms with Gasteiger partial charge in [0, 0.05) is 23.2 Å². The van der Waals surface area contributed by atoms with Crippen molar-refractivity contribution in [2.75, 3.05) is 0 Å². The van der Waals surface area contributed by atoms with E-state index in [0.717, 1.165) is 29.5 Å². The molecule has 2 aromatic heterocycles. The number of hydrogen-bond donors (Lipinski definition) is 0. The summed E-state index contributed by atoms with van der Waals surface area (Å²) in [7, 11) is 0. The molecule has 4 heteroatoms. The van der Waals surface area contributed by atoms with Crippen LogP contribution in [0, 0.1) is 0 Å². The first-order valence-electron chi connectivity index (χ1n) is 7.95. The van der Waals surface area contributed by atoms with Crippen LogP contribution in [-0.4, -0.2) is 21.8 Å². The van der Waals surface area contributed by atoms with Crippen LogP contribution in [0.15, 0.2) is 59.3 Å². The summed E-state index contributed by atoms with van der Waals surface area (Å²) < 4.78 is 5.52. The second kappa shape index (κ2) is 5.54. The predicted molar refractivity (Wildman–Crippen MR) is 88.1 cm³/mol. The fourth-order valence-corrected chi connectivity index (χ4v) is 3.11. The van der Waals surface area contributed by atoms with Crippen LogP contribution < -0.4 is 0 Å². The van der Waals surface area contributed by atoms with Gasteiger partial charge in [-0.15, -0.1) is 0 Å². The number of benzene rings is 1. The summed E-state index contributed by atoms with van der Waals surface area (Å²) in [5.41, 5.74) is 1.56. The van der Waals surface area contributed by atoms with E-state index in [-0.39, 0.29) is 11.9 Å². The third-order valence-corrected chi connectivity index (χ3v) is 4.42. The molecule has 0 aliphatic heterocycles. The van der Waals surface area contributed by atoms with Gasteiger partial charge in [-0.2, -0.15) is 0 Å². The van der Waals surface area contributed by atoms with Crippen molar-refractivity contribution in [1.82, 2.24) is 9.88 Å². The van der Waals surface area contributed by atoms with Crippen LogP contribution in [0.25, 0.3) is 10.9 Å². The number of hydrogen-bond acceptors (Lipinski definition) is 3. The van der Waals surface area contributed by atoms with Crippen LogP contribution in [0.4, 0.5) is 0 Å². The monoisotopic (exact) mass is 306 g/mol. The van der Waals surface area contributed by atoms with Gasteiger partial charge in [0.25, 0.3) is 5.91 Å². The first kappa shape index (κ1) is 14.0. The molecule has 0 bridgehead atoms. The van der Waals surface area contributed by atoms with Gasteiger partial charge in [0.1, 0.15) is 5.76 Å². The Morgan fingerprint density at radius 2 is 2.09 bits per heavy atom. The Balaban J connectivity index is 1.75. The number of rotatable bonds is 4. The van der Waals surface area contributed by atoms with E-state index in [2.05, 4.69) is 4.98 Å². The highest BCUT2D eigenvalue weighted by atomic mass is 16.3. The zero-order chi connectivity index (χ0) is 15.8. The summed E-state index contributed by atoms with van der Waals surface area (Å²) in [5, 5.41) is 0.900. The lowest BCUT2D eigenvalue weighted by atomic mass is 10.1. The Bertz CT molecular complexity index is 832. The normalized spacial score (nSPS) is 15.5. The molecule has 1 atom stereocenters. The molecule has 3 aromatic rings. The molecule has 0 spiro atoms. The maximum absolute atomic E-state index is 13.2. The largest absolute Gasteiger partial charge is 0.467 e. The Morgan fingerprint density at radius 1 is 1.22 bits per heavy atom. The minimum Gasteiger partial charge on any atom is -0.467 e. The van der Waals surface area contributed by atoms with Gasteiger partial charge in [-0.3, -0.25) is 9.78 Å². The maximum atomic E-state index is 13.2. The van der Waals surface area contributed by atoms with Crippen LogP contribution in [0.2, 0.25) is 0 Å². The highest BCUT2D eigenvalue weighted by Crippen LogP contribution is 2.36. The van der Waals surface area contributed by atoms with E-state index >= 15 is 0 Å². The second-order valence-electron chi connectivity index (χ2n) is 6.01. The van der Waals surface area contributed by atoms with Crippen LogP contribution in [0.3, 0.4) is 0 Å². The lowest BCUT2D eigenvalue weighted by Gasteiger charge is -2.28. The van der Waals surface area contributed by atoms with Crippen molar-refractivity contribution in [3.05, 3.63) is 66.2 Å². The molecule has 116 valence electrons. The first-order chi connectivity index (χ1) is 11.3. The number of furan rings is 1. The first-order valence-corrected chi connectivity index (χ1v) is 7.95. The van der Waals surface area contributed by atoms with Crippen molar-refractivity contribution >= 4 is 16.8 Å². The van der Waals surface area contributed by atoms with Crippen molar-refractivity contribution in [3.63, 3.8) is 0 Å². The van der Waals surface area contributed by atoms with Gasteiger partial charge >= 0.3 is 0 Å². The molecule has 0 radical (unpaired) electrons. The van der Waals surface area contributed by atoms with Crippen molar-refractivity contribution in [2.45, 2.75) is 31.8 Å². The Hall–Kier alpha value is -2.62. The summed E-state index contributed by atoms with van der Waals surface area (Å²) in [5.74, 6) is 0.874. The third-order valence-electron chi connectivity index (χ3n) is 4.42. The van der Waals surface area contributed by atoms with E-state index in [1.54, 1.807) is 12.5 Å². The van der Waals surface area contributed by atoms with Gasteiger partial charge in [0.15, 0.2) is 0 Å². The van der Waals surface area contributed by atoms with Crippen LogP contribution >= 0.6 is 0 Å². The topological polar surface area (TPSA) is 46.3 Å². The lowest BCUT2D eigenvalue weighted by Crippen LogP contribution is -2.35. The van der Waals surface area contributed by atoms with Gasteiger partial charge in [0.2, 0.25) is 0 Å². The average Bonchev–Trinajstić information content (AvgIpc) is 3.26. The highest BCUT2D eigenvalue weighted by molar-refractivity contribution is 6.06. The number of fused-ring (bicyclic) bond motifs is 1. The average molecular weight is 306 g/mol. The number of carbonyl (C=O) groups is 1. The molecule has 4 rings (SSSR count). The van der Waals surface area contributed by atoms with Gasteiger partial charge < -0.3 is 9.32 Å². The summed E-state index contributed by atoms with van der Waals surface area (Å²) in [6.45, 7) is 2.03. The molecule has 1 aromatic carbocycles. The van der Waals surface area contributed by atoms with Gasteiger partial charge in [-0.05, 0) is 50.1 Å². The summed E-state index contributed by atoms with van der Waals surface area (Å²) in [4.78, 5) is 19.5. The quantitative estimate of drug-likeness (QED) is 0.726. The predicted octanol–water partition coefficient (Wildman–Crippen LogP) is 4.19. The molecule has 1 unspecified atom stereocenters. The van der Waals surface area contributed by atoms with Crippen LogP contribution in [0.1, 0.15) is 41.9 Å². The molecule has 4 nitrogen and oxygen atoms in total. The highest BCUT2D eigenvalue weighted by Gasteiger charge is 2.38. The zero-order valence-corrected chi connectivity index (χ0v) is 13.0. The minimum absolute atomic E-state index is 0.0509. The minimum atomic E-state index is -0.0723. The summed E-state index contributed by atoms with van der Waals surface area (Å²) in [6, 6.07) is 13.6. The Morgan fingerprint density at radius 3 is 2.83 bits per heavy atom. The van der Waals surface area contributed by atoms with Crippen LogP contribution in [0.5, 0.6) is 0 Å². The van der Waals surface area contributed by atoms with Gasteiger partial charge in [0.05, 0.1) is 17.8 Å². The number of amides is 1. The Kier molecular flexibility index (Phi) is 3.37. The molecule has 23 heavy (non-hydrogen) atoms. The van der Waals surface area contributed by atoms with E-state index in [1.807, 2.05) is 54.3 Å². The molecule has 0 saturated heterocycles. The number of pyridine rings is 1. The SMILES string of the molecule is CC(c1ccco1)N(C(=O)c1cccc2ncccc12)C1CC1. The molecule has 1 fully saturated rings. The zero-order valence-electron chi connectivity index (χ0n) is 13.0. The number of carbonyl (C=O) groups excluding carboxylic acids is 1. The van der Waals surface area contributed by atoms with Crippen molar-refractivity contribution in [1.29, 1.82) is 0 Å². The summed E-state index contributed by atoms with van der Waals surface area (Å²) in [6.07, 6.45) is 5.52. The molecule has 1 aliphatic carbocycles. The number of nitrogens with zero attached hydrogens (tertiary/aromatic N) is 2. The maximum Gasteiger partial charge on any atom is 0.255 e. The van der Waals surface area contributed by atoms with E-state index in [0.29, 0.717) is 11.6 Å². The Labute approximate surface area is 134 Å². The smallest absolute Gasteiger partial charge is 0.255 e.